The summed E-state index contributed by atoms with van der Waals surface area (Å²) in [5.74, 6) is -0.187. The molecular formula is C14H22N2O2. The van der Waals surface area contributed by atoms with Crippen molar-refractivity contribution in [3.8, 4) is 0 Å². The van der Waals surface area contributed by atoms with Crippen molar-refractivity contribution < 1.29 is 9.53 Å². The molecule has 0 fully saturated rings. The summed E-state index contributed by atoms with van der Waals surface area (Å²) in [6.07, 6.45) is 6.21. The zero-order valence-electron chi connectivity index (χ0n) is 11.7. The third-order valence-corrected chi connectivity index (χ3v) is 3.23. The van der Waals surface area contributed by atoms with Crippen LogP contribution in [-0.2, 0) is 22.4 Å². The van der Waals surface area contributed by atoms with E-state index in [0.29, 0.717) is 0 Å². The van der Waals surface area contributed by atoms with Crippen molar-refractivity contribution >= 4 is 5.97 Å². The number of aryl methyl sites for hydroxylation is 1. The molecule has 0 saturated carbocycles. The van der Waals surface area contributed by atoms with Gasteiger partial charge in [-0.3, -0.25) is 0 Å². The van der Waals surface area contributed by atoms with Crippen LogP contribution in [-0.4, -0.2) is 21.1 Å². The third-order valence-electron chi connectivity index (χ3n) is 3.23. The predicted octanol–water partition coefficient (Wildman–Crippen LogP) is 2.66. The van der Waals surface area contributed by atoms with E-state index in [0.717, 1.165) is 18.5 Å². The van der Waals surface area contributed by atoms with E-state index in [1.807, 2.05) is 32.3 Å². The normalized spacial score (nSPS) is 17.1. The van der Waals surface area contributed by atoms with Gasteiger partial charge in [-0.05, 0) is 53.4 Å². The number of carbonyl (C=O) groups excluding carboxylic acids is 1. The summed E-state index contributed by atoms with van der Waals surface area (Å²) >= 11 is 0. The quantitative estimate of drug-likeness (QED) is 0.758. The van der Waals surface area contributed by atoms with Crippen LogP contribution in [0.25, 0.3) is 0 Å². The summed E-state index contributed by atoms with van der Waals surface area (Å²) in [5.41, 5.74) is 1.92. The summed E-state index contributed by atoms with van der Waals surface area (Å²) in [7, 11) is 0. The molecule has 0 N–H and O–H groups in total. The molecule has 4 heteroatoms. The number of esters is 1. The van der Waals surface area contributed by atoms with Gasteiger partial charge in [-0.2, -0.15) is 0 Å². The number of carbonyl (C=O) groups is 1. The Hall–Kier alpha value is -1.32. The van der Waals surface area contributed by atoms with E-state index in [-0.39, 0.29) is 12.0 Å². The van der Waals surface area contributed by atoms with Crippen LogP contribution in [0.15, 0.2) is 6.33 Å². The Morgan fingerprint density at radius 3 is 2.72 bits per heavy atom. The molecule has 1 aromatic rings. The van der Waals surface area contributed by atoms with Crippen LogP contribution in [0.1, 0.15) is 58.0 Å². The number of imidazole rings is 1. The molecule has 1 aromatic heterocycles. The van der Waals surface area contributed by atoms with Crippen LogP contribution in [0.4, 0.5) is 0 Å². The lowest BCUT2D eigenvalue weighted by molar-refractivity contribution is -0.158. The van der Waals surface area contributed by atoms with E-state index < -0.39 is 5.60 Å². The number of hydrogen-bond acceptors (Lipinski definition) is 3. The standard InChI is InChI=1S/C14H22N2O2/c1-10(13(17)18-14(2,3)4)16-9-15-11-7-5-6-8-12(11)16/h9-10H,5-8H2,1-4H3. The Morgan fingerprint density at radius 1 is 1.39 bits per heavy atom. The Balaban J connectivity index is 2.16. The van der Waals surface area contributed by atoms with E-state index in [1.54, 1.807) is 6.33 Å². The Morgan fingerprint density at radius 2 is 2.06 bits per heavy atom. The lowest BCUT2D eigenvalue weighted by Crippen LogP contribution is -2.29. The maximum absolute atomic E-state index is 12.1. The number of rotatable bonds is 2. The first-order chi connectivity index (χ1) is 8.38. The average molecular weight is 250 g/mol. The lowest BCUT2D eigenvalue weighted by Gasteiger charge is -2.24. The van der Waals surface area contributed by atoms with E-state index in [2.05, 4.69) is 4.98 Å². The largest absolute Gasteiger partial charge is 0.458 e. The van der Waals surface area contributed by atoms with Crippen molar-refractivity contribution in [3.05, 3.63) is 17.7 Å². The maximum atomic E-state index is 12.1. The first kappa shape index (κ1) is 13.1. The molecule has 0 amide bonds. The lowest BCUT2D eigenvalue weighted by atomic mass is 10.0. The molecule has 0 bridgehead atoms. The van der Waals surface area contributed by atoms with Crippen molar-refractivity contribution in [2.45, 2.75) is 65.0 Å². The molecule has 0 radical (unpaired) electrons. The second-order valence-electron chi connectivity index (χ2n) is 5.96. The number of ether oxygens (including phenoxy) is 1. The van der Waals surface area contributed by atoms with Crippen molar-refractivity contribution in [2.75, 3.05) is 0 Å². The second kappa shape index (κ2) is 4.75. The number of aromatic nitrogens is 2. The van der Waals surface area contributed by atoms with Crippen LogP contribution in [0.5, 0.6) is 0 Å². The smallest absolute Gasteiger partial charge is 0.329 e. The topological polar surface area (TPSA) is 44.1 Å². The van der Waals surface area contributed by atoms with Crippen molar-refractivity contribution in [1.29, 1.82) is 0 Å². The van der Waals surface area contributed by atoms with Gasteiger partial charge in [0.1, 0.15) is 11.6 Å². The fourth-order valence-corrected chi connectivity index (χ4v) is 2.33. The van der Waals surface area contributed by atoms with Crippen LogP contribution in [0.2, 0.25) is 0 Å². The van der Waals surface area contributed by atoms with Crippen molar-refractivity contribution in [1.82, 2.24) is 9.55 Å². The van der Waals surface area contributed by atoms with Crippen molar-refractivity contribution in [3.63, 3.8) is 0 Å². The molecule has 0 spiro atoms. The molecule has 1 aliphatic rings. The molecule has 2 rings (SSSR count). The zero-order chi connectivity index (χ0) is 13.3. The number of hydrogen-bond donors (Lipinski definition) is 0. The molecule has 1 atom stereocenters. The number of nitrogens with zero attached hydrogens (tertiary/aromatic N) is 2. The van der Waals surface area contributed by atoms with Gasteiger partial charge >= 0.3 is 5.97 Å². The van der Waals surface area contributed by atoms with Crippen LogP contribution in [0, 0.1) is 0 Å². The Bertz CT molecular complexity index is 443. The monoisotopic (exact) mass is 250 g/mol. The van der Waals surface area contributed by atoms with Gasteiger partial charge in [0.25, 0.3) is 0 Å². The van der Waals surface area contributed by atoms with Gasteiger partial charge in [-0.1, -0.05) is 0 Å². The van der Waals surface area contributed by atoms with Gasteiger partial charge in [0.15, 0.2) is 0 Å². The first-order valence-electron chi connectivity index (χ1n) is 6.66. The molecule has 4 nitrogen and oxygen atoms in total. The summed E-state index contributed by atoms with van der Waals surface area (Å²) in [5, 5.41) is 0. The van der Waals surface area contributed by atoms with Crippen LogP contribution in [0.3, 0.4) is 0 Å². The minimum Gasteiger partial charge on any atom is -0.458 e. The van der Waals surface area contributed by atoms with Gasteiger partial charge in [0, 0.05) is 5.69 Å². The fraction of sp³-hybridized carbons (Fsp3) is 0.714. The summed E-state index contributed by atoms with van der Waals surface area (Å²) in [4.78, 5) is 16.5. The highest BCUT2D eigenvalue weighted by Crippen LogP contribution is 2.24. The minimum absolute atomic E-state index is 0.187. The van der Waals surface area contributed by atoms with Gasteiger partial charge < -0.3 is 9.30 Å². The number of fused-ring (bicyclic) bond motifs is 1. The summed E-state index contributed by atoms with van der Waals surface area (Å²) in [6, 6.07) is -0.293. The van der Waals surface area contributed by atoms with Crippen LogP contribution < -0.4 is 0 Å². The molecule has 1 unspecified atom stereocenters. The minimum atomic E-state index is -0.439. The highest BCUT2D eigenvalue weighted by molar-refractivity contribution is 5.74. The summed E-state index contributed by atoms with van der Waals surface area (Å²) < 4.78 is 7.40. The van der Waals surface area contributed by atoms with Gasteiger partial charge in [-0.25, -0.2) is 9.78 Å². The zero-order valence-corrected chi connectivity index (χ0v) is 11.7. The summed E-state index contributed by atoms with van der Waals surface area (Å²) in [6.45, 7) is 7.55. The predicted molar refractivity (Wildman–Crippen MR) is 69.4 cm³/mol. The average Bonchev–Trinajstić information content (AvgIpc) is 2.69. The van der Waals surface area contributed by atoms with Crippen LogP contribution >= 0.6 is 0 Å². The van der Waals surface area contributed by atoms with E-state index in [9.17, 15) is 4.79 Å². The van der Waals surface area contributed by atoms with Gasteiger partial charge in [0.05, 0.1) is 12.0 Å². The van der Waals surface area contributed by atoms with E-state index >= 15 is 0 Å². The molecule has 18 heavy (non-hydrogen) atoms. The molecule has 0 aromatic carbocycles. The highest BCUT2D eigenvalue weighted by atomic mass is 16.6. The Labute approximate surface area is 108 Å². The fourth-order valence-electron chi connectivity index (χ4n) is 2.33. The maximum Gasteiger partial charge on any atom is 0.329 e. The second-order valence-corrected chi connectivity index (χ2v) is 5.96. The van der Waals surface area contributed by atoms with Gasteiger partial charge in [-0.15, -0.1) is 0 Å². The Kier molecular flexibility index (Phi) is 3.46. The third kappa shape index (κ3) is 2.74. The molecule has 1 aliphatic carbocycles. The first-order valence-corrected chi connectivity index (χ1v) is 6.66. The van der Waals surface area contributed by atoms with E-state index in [4.69, 9.17) is 4.74 Å². The molecule has 1 heterocycles. The van der Waals surface area contributed by atoms with E-state index in [1.165, 1.54) is 18.5 Å². The highest BCUT2D eigenvalue weighted by Gasteiger charge is 2.26. The molecule has 0 saturated heterocycles. The molecule has 100 valence electrons. The van der Waals surface area contributed by atoms with Gasteiger partial charge in [0.2, 0.25) is 0 Å². The molecule has 0 aliphatic heterocycles. The SMILES string of the molecule is CC(C(=O)OC(C)(C)C)n1cnc2c1CCCC2. The molecular weight excluding hydrogens is 228 g/mol. The van der Waals surface area contributed by atoms with Crippen molar-refractivity contribution in [2.24, 2.45) is 0 Å².